The summed E-state index contributed by atoms with van der Waals surface area (Å²) >= 11 is 6.14. The number of benzene rings is 1. The number of urea groups is 1. The van der Waals surface area contributed by atoms with Crippen LogP contribution in [0, 0.1) is 18.3 Å². The molecule has 0 radical (unpaired) electrons. The number of carbonyl (C=O) groups excluding carboxylic acids is 3. The first-order valence-corrected chi connectivity index (χ1v) is 10.1. The summed E-state index contributed by atoms with van der Waals surface area (Å²) < 4.78 is 0. The first-order valence-electron chi connectivity index (χ1n) is 9.72. The molecule has 1 saturated carbocycles. The summed E-state index contributed by atoms with van der Waals surface area (Å²) in [7, 11) is 0. The second-order valence-electron chi connectivity index (χ2n) is 9.08. The van der Waals surface area contributed by atoms with E-state index < -0.39 is 17.5 Å². The minimum Gasteiger partial charge on any atom is -0.323 e. The smallest absolute Gasteiger partial charge is 0.323 e. The second-order valence-corrected chi connectivity index (χ2v) is 9.48. The summed E-state index contributed by atoms with van der Waals surface area (Å²) in [6.07, 6.45) is 2.99. The van der Waals surface area contributed by atoms with Crippen molar-refractivity contribution in [2.45, 2.75) is 58.9 Å². The molecule has 1 aromatic rings. The Morgan fingerprint density at radius 2 is 1.93 bits per heavy atom. The van der Waals surface area contributed by atoms with Gasteiger partial charge in [0.15, 0.2) is 0 Å². The van der Waals surface area contributed by atoms with Crippen LogP contribution in [0.5, 0.6) is 0 Å². The van der Waals surface area contributed by atoms with Crippen LogP contribution in [0.15, 0.2) is 18.2 Å². The van der Waals surface area contributed by atoms with E-state index in [9.17, 15) is 14.4 Å². The number of halogens is 1. The van der Waals surface area contributed by atoms with Gasteiger partial charge in [-0.15, -0.1) is 0 Å². The van der Waals surface area contributed by atoms with Gasteiger partial charge in [-0.1, -0.05) is 38.4 Å². The highest BCUT2D eigenvalue weighted by Gasteiger charge is 2.53. The van der Waals surface area contributed by atoms with Gasteiger partial charge in [-0.05, 0) is 61.6 Å². The summed E-state index contributed by atoms with van der Waals surface area (Å²) in [6.45, 7) is 8.20. The van der Waals surface area contributed by atoms with E-state index in [-0.39, 0.29) is 17.9 Å². The minimum absolute atomic E-state index is 0.181. The van der Waals surface area contributed by atoms with Gasteiger partial charge in [0.05, 0.1) is 10.7 Å². The minimum atomic E-state index is -0.860. The van der Waals surface area contributed by atoms with Crippen molar-refractivity contribution in [1.82, 2.24) is 10.2 Å². The molecular weight excluding hydrogens is 378 g/mol. The number of imide groups is 1. The van der Waals surface area contributed by atoms with Crippen LogP contribution in [0.1, 0.15) is 52.0 Å². The number of hydrogen-bond acceptors (Lipinski definition) is 3. The van der Waals surface area contributed by atoms with Gasteiger partial charge < -0.3 is 10.6 Å². The molecule has 7 heteroatoms. The number of carbonyl (C=O) groups is 3. The molecule has 2 fully saturated rings. The van der Waals surface area contributed by atoms with Gasteiger partial charge in [0, 0.05) is 0 Å². The average molecular weight is 406 g/mol. The molecule has 0 unspecified atom stereocenters. The van der Waals surface area contributed by atoms with E-state index in [0.29, 0.717) is 29.5 Å². The van der Waals surface area contributed by atoms with Crippen LogP contribution < -0.4 is 10.6 Å². The Balaban J connectivity index is 1.65. The lowest BCUT2D eigenvalue weighted by molar-refractivity contribution is -0.135. The van der Waals surface area contributed by atoms with E-state index in [0.717, 1.165) is 23.3 Å². The molecule has 152 valence electrons. The van der Waals surface area contributed by atoms with Crippen LogP contribution in [0.4, 0.5) is 10.5 Å². The quantitative estimate of drug-likeness (QED) is 0.742. The normalized spacial score (nSPS) is 25.2. The van der Waals surface area contributed by atoms with Crippen LogP contribution >= 0.6 is 11.6 Å². The third-order valence-electron chi connectivity index (χ3n) is 6.01. The molecule has 1 saturated heterocycles. The number of hydrogen-bond donors (Lipinski definition) is 2. The van der Waals surface area contributed by atoms with Gasteiger partial charge in [0.1, 0.15) is 12.1 Å². The molecule has 1 spiro atoms. The molecule has 2 aliphatic rings. The third-order valence-corrected chi connectivity index (χ3v) is 6.32. The highest BCUT2D eigenvalue weighted by Crippen LogP contribution is 2.43. The van der Waals surface area contributed by atoms with Gasteiger partial charge in [-0.3, -0.25) is 14.5 Å². The van der Waals surface area contributed by atoms with E-state index >= 15 is 0 Å². The Hall–Kier alpha value is -2.08. The highest BCUT2D eigenvalue weighted by atomic mass is 35.5. The van der Waals surface area contributed by atoms with Gasteiger partial charge in [-0.2, -0.15) is 0 Å². The van der Waals surface area contributed by atoms with E-state index in [2.05, 4.69) is 31.4 Å². The number of rotatable bonds is 3. The molecule has 1 aliphatic carbocycles. The van der Waals surface area contributed by atoms with Crippen LogP contribution in [-0.2, 0) is 9.59 Å². The van der Waals surface area contributed by atoms with Crippen molar-refractivity contribution >= 4 is 35.1 Å². The van der Waals surface area contributed by atoms with Crippen LogP contribution in [0.2, 0.25) is 5.02 Å². The molecule has 1 aromatic carbocycles. The highest BCUT2D eigenvalue weighted by molar-refractivity contribution is 6.33. The number of nitrogens with one attached hydrogen (secondary N) is 2. The Morgan fingerprint density at radius 1 is 1.29 bits per heavy atom. The SMILES string of the molecule is Cc1ccc(NC(=O)CN2C(=O)NC3(CCC(C(C)(C)C)CC3)C2=O)c(Cl)c1. The Kier molecular flexibility index (Phi) is 5.45. The molecule has 0 bridgehead atoms. The van der Waals surface area contributed by atoms with Crippen molar-refractivity contribution in [3.8, 4) is 0 Å². The van der Waals surface area contributed by atoms with E-state index in [1.807, 2.05) is 13.0 Å². The topological polar surface area (TPSA) is 78.5 Å². The number of nitrogens with zero attached hydrogens (tertiary/aromatic N) is 1. The maximum Gasteiger partial charge on any atom is 0.325 e. The summed E-state index contributed by atoms with van der Waals surface area (Å²) in [5.41, 5.74) is 0.760. The van der Waals surface area contributed by atoms with Gasteiger partial charge in [0.25, 0.3) is 5.91 Å². The molecule has 2 N–H and O–H groups in total. The van der Waals surface area contributed by atoms with Crippen molar-refractivity contribution in [2.75, 3.05) is 11.9 Å². The van der Waals surface area contributed by atoms with Crippen molar-refractivity contribution < 1.29 is 14.4 Å². The zero-order valence-electron chi connectivity index (χ0n) is 16.9. The number of anilines is 1. The maximum absolute atomic E-state index is 13.0. The maximum atomic E-state index is 13.0. The second kappa shape index (κ2) is 7.39. The molecule has 0 atom stereocenters. The van der Waals surface area contributed by atoms with Crippen LogP contribution in [0.3, 0.4) is 0 Å². The Morgan fingerprint density at radius 3 is 2.50 bits per heavy atom. The molecule has 28 heavy (non-hydrogen) atoms. The Labute approximate surface area is 171 Å². The van der Waals surface area contributed by atoms with E-state index in [1.54, 1.807) is 12.1 Å². The molecule has 3 rings (SSSR count). The Bertz CT molecular complexity index is 808. The summed E-state index contributed by atoms with van der Waals surface area (Å²) in [6, 6.07) is 4.78. The fourth-order valence-corrected chi connectivity index (χ4v) is 4.47. The van der Waals surface area contributed by atoms with Crippen molar-refractivity contribution in [2.24, 2.45) is 11.3 Å². The summed E-state index contributed by atoms with van der Waals surface area (Å²) in [4.78, 5) is 38.8. The predicted octanol–water partition coefficient (Wildman–Crippen LogP) is 4.11. The monoisotopic (exact) mass is 405 g/mol. The molecule has 0 aromatic heterocycles. The molecule has 6 nitrogen and oxygen atoms in total. The van der Waals surface area contributed by atoms with Gasteiger partial charge >= 0.3 is 6.03 Å². The van der Waals surface area contributed by atoms with Gasteiger partial charge in [-0.25, -0.2) is 4.79 Å². The summed E-state index contributed by atoms with van der Waals surface area (Å²) in [5, 5.41) is 5.96. The van der Waals surface area contributed by atoms with Gasteiger partial charge in [0.2, 0.25) is 5.91 Å². The zero-order chi connectivity index (χ0) is 20.7. The lowest BCUT2D eigenvalue weighted by Gasteiger charge is -2.40. The number of amides is 4. The summed E-state index contributed by atoms with van der Waals surface area (Å²) in [5.74, 6) is -0.228. The van der Waals surface area contributed by atoms with E-state index in [1.165, 1.54) is 0 Å². The zero-order valence-corrected chi connectivity index (χ0v) is 17.7. The lowest BCUT2D eigenvalue weighted by Crippen LogP contribution is -2.50. The predicted molar refractivity (Wildman–Crippen MR) is 109 cm³/mol. The first-order chi connectivity index (χ1) is 13.0. The lowest BCUT2D eigenvalue weighted by atomic mass is 9.67. The van der Waals surface area contributed by atoms with Crippen molar-refractivity contribution in [3.05, 3.63) is 28.8 Å². The van der Waals surface area contributed by atoms with Crippen molar-refractivity contribution in [3.63, 3.8) is 0 Å². The third kappa shape index (κ3) is 4.02. The fraction of sp³-hybridized carbons (Fsp3) is 0.571. The standard InChI is InChI=1S/C21H28ClN3O3/c1-13-5-6-16(15(22)11-13)23-17(26)12-25-18(27)21(24-19(25)28)9-7-14(8-10-21)20(2,3)4/h5-6,11,14H,7-10,12H2,1-4H3,(H,23,26)(H,24,28). The molecule has 4 amide bonds. The van der Waals surface area contributed by atoms with Crippen LogP contribution in [0.25, 0.3) is 0 Å². The van der Waals surface area contributed by atoms with Crippen LogP contribution in [-0.4, -0.2) is 34.8 Å². The molecule has 1 heterocycles. The van der Waals surface area contributed by atoms with Crippen molar-refractivity contribution in [1.29, 1.82) is 0 Å². The number of aryl methyl sites for hydroxylation is 1. The molecular formula is C21H28ClN3O3. The largest absolute Gasteiger partial charge is 0.325 e. The molecule has 1 aliphatic heterocycles. The first kappa shape index (κ1) is 20.6. The van der Waals surface area contributed by atoms with E-state index in [4.69, 9.17) is 11.6 Å². The average Bonchev–Trinajstić information content (AvgIpc) is 2.81. The fourth-order valence-electron chi connectivity index (χ4n) is 4.19.